The molecule has 2 aromatic carbocycles. The monoisotopic (exact) mass is 344 g/mol. The van der Waals surface area contributed by atoms with Gasteiger partial charge in [0.15, 0.2) is 11.5 Å². The first-order chi connectivity index (χ1) is 12.0. The van der Waals surface area contributed by atoms with Crippen LogP contribution < -0.4 is 20.1 Å². The van der Waals surface area contributed by atoms with Gasteiger partial charge in [0.25, 0.3) is 5.91 Å². The maximum absolute atomic E-state index is 12.9. The molecule has 6 nitrogen and oxygen atoms in total. The van der Waals surface area contributed by atoms with Crippen molar-refractivity contribution in [3.05, 3.63) is 59.4 Å². The first-order valence-corrected chi connectivity index (χ1v) is 7.75. The molecular weight excluding hydrogens is 327 g/mol. The van der Waals surface area contributed by atoms with E-state index in [0.717, 1.165) is 5.56 Å². The largest absolute Gasteiger partial charge is 0.454 e. The number of carbonyl (C=O) groups excluding carboxylic acids is 2. The number of halogens is 1. The van der Waals surface area contributed by atoms with E-state index in [1.54, 1.807) is 37.3 Å². The van der Waals surface area contributed by atoms with Gasteiger partial charge in [-0.2, -0.15) is 0 Å². The van der Waals surface area contributed by atoms with Crippen molar-refractivity contribution in [1.29, 1.82) is 0 Å². The second-order valence-corrected chi connectivity index (χ2v) is 5.59. The van der Waals surface area contributed by atoms with E-state index in [4.69, 9.17) is 9.47 Å². The molecule has 1 aliphatic rings. The fourth-order valence-corrected chi connectivity index (χ4v) is 2.43. The highest BCUT2D eigenvalue weighted by molar-refractivity contribution is 5.97. The van der Waals surface area contributed by atoms with Crippen molar-refractivity contribution in [3.8, 4) is 11.5 Å². The molecule has 2 aromatic rings. The van der Waals surface area contributed by atoms with Gasteiger partial charge in [-0.3, -0.25) is 9.59 Å². The lowest BCUT2D eigenvalue weighted by Gasteiger charge is -2.14. The summed E-state index contributed by atoms with van der Waals surface area (Å²) in [4.78, 5) is 24.1. The smallest absolute Gasteiger partial charge is 0.251 e. The van der Waals surface area contributed by atoms with Crippen molar-refractivity contribution >= 4 is 11.8 Å². The summed E-state index contributed by atoms with van der Waals surface area (Å²) in [7, 11) is 0. The maximum Gasteiger partial charge on any atom is 0.251 e. The van der Waals surface area contributed by atoms with Crippen LogP contribution in [0.15, 0.2) is 42.5 Å². The van der Waals surface area contributed by atoms with Crippen LogP contribution in [0.1, 0.15) is 28.9 Å². The molecule has 3 rings (SSSR count). The van der Waals surface area contributed by atoms with Crippen LogP contribution in [0.4, 0.5) is 4.39 Å². The van der Waals surface area contributed by atoms with Crippen LogP contribution in [0.2, 0.25) is 0 Å². The number of amides is 2. The summed E-state index contributed by atoms with van der Waals surface area (Å²) in [6.45, 7) is 1.74. The molecule has 0 aliphatic carbocycles. The van der Waals surface area contributed by atoms with E-state index in [1.165, 1.54) is 12.1 Å². The van der Waals surface area contributed by atoms with E-state index in [9.17, 15) is 14.0 Å². The van der Waals surface area contributed by atoms with Crippen molar-refractivity contribution in [2.45, 2.75) is 13.0 Å². The zero-order chi connectivity index (χ0) is 17.8. The molecule has 7 heteroatoms. The predicted octanol–water partition coefficient (Wildman–Crippen LogP) is 2.16. The average Bonchev–Trinajstić information content (AvgIpc) is 3.07. The molecule has 1 aliphatic heterocycles. The Morgan fingerprint density at radius 3 is 2.60 bits per heavy atom. The summed E-state index contributed by atoms with van der Waals surface area (Å²) in [6, 6.07) is 10.4. The Morgan fingerprint density at radius 2 is 1.84 bits per heavy atom. The maximum atomic E-state index is 12.9. The lowest BCUT2D eigenvalue weighted by atomic mass is 10.1. The zero-order valence-electron chi connectivity index (χ0n) is 13.5. The Bertz CT molecular complexity index is 792. The van der Waals surface area contributed by atoms with Gasteiger partial charge in [-0.25, -0.2) is 4.39 Å². The quantitative estimate of drug-likeness (QED) is 0.871. The second kappa shape index (κ2) is 7.21. The summed E-state index contributed by atoms with van der Waals surface area (Å²) in [6.07, 6.45) is 0. The highest BCUT2D eigenvalue weighted by atomic mass is 19.1. The predicted molar refractivity (Wildman–Crippen MR) is 87.9 cm³/mol. The molecule has 130 valence electrons. The van der Waals surface area contributed by atoms with Crippen LogP contribution in [0, 0.1) is 5.82 Å². The minimum Gasteiger partial charge on any atom is -0.454 e. The Labute approximate surface area is 143 Å². The third-order valence-electron chi connectivity index (χ3n) is 3.79. The first-order valence-electron chi connectivity index (χ1n) is 7.75. The van der Waals surface area contributed by atoms with Gasteiger partial charge in [0.05, 0.1) is 12.6 Å². The van der Waals surface area contributed by atoms with Crippen molar-refractivity contribution in [1.82, 2.24) is 10.6 Å². The molecule has 2 N–H and O–H groups in total. The Balaban J connectivity index is 1.51. The minimum absolute atomic E-state index is 0.129. The molecule has 1 atom stereocenters. The fourth-order valence-electron chi connectivity index (χ4n) is 2.43. The zero-order valence-corrected chi connectivity index (χ0v) is 13.5. The first kappa shape index (κ1) is 16.8. The van der Waals surface area contributed by atoms with E-state index >= 15 is 0 Å². The summed E-state index contributed by atoms with van der Waals surface area (Å²) in [5.74, 6) is 0.0246. The molecule has 0 saturated heterocycles. The van der Waals surface area contributed by atoms with E-state index in [-0.39, 0.29) is 37.0 Å². The standard InChI is InChI=1S/C18H17FN2O4/c1-11(12-2-5-14(19)6-3-12)21-17(22)9-20-18(23)13-4-7-15-16(8-13)25-10-24-15/h2-8,11H,9-10H2,1H3,(H,20,23)(H,21,22). The Morgan fingerprint density at radius 1 is 1.12 bits per heavy atom. The molecule has 0 radical (unpaired) electrons. The minimum atomic E-state index is -0.386. The van der Waals surface area contributed by atoms with Gasteiger partial charge in [0, 0.05) is 5.56 Å². The molecule has 1 unspecified atom stereocenters. The van der Waals surface area contributed by atoms with E-state index in [0.29, 0.717) is 17.1 Å². The van der Waals surface area contributed by atoms with Gasteiger partial charge in [-0.15, -0.1) is 0 Å². The summed E-state index contributed by atoms with van der Waals surface area (Å²) in [5.41, 5.74) is 1.15. The molecular formula is C18H17FN2O4. The van der Waals surface area contributed by atoms with Crippen LogP contribution in [0.5, 0.6) is 11.5 Å². The summed E-state index contributed by atoms with van der Waals surface area (Å²) < 4.78 is 23.3. The summed E-state index contributed by atoms with van der Waals surface area (Å²) in [5, 5.41) is 5.29. The third-order valence-corrected chi connectivity index (χ3v) is 3.79. The van der Waals surface area contributed by atoms with E-state index in [1.807, 2.05) is 0 Å². The highest BCUT2D eigenvalue weighted by Crippen LogP contribution is 2.32. The molecule has 2 amide bonds. The Hall–Kier alpha value is -3.09. The number of hydrogen-bond donors (Lipinski definition) is 2. The third kappa shape index (κ3) is 4.06. The van der Waals surface area contributed by atoms with Gasteiger partial charge in [-0.05, 0) is 42.8 Å². The SMILES string of the molecule is CC(NC(=O)CNC(=O)c1ccc2c(c1)OCO2)c1ccc(F)cc1. The van der Waals surface area contributed by atoms with Gasteiger partial charge in [0.1, 0.15) is 5.82 Å². The number of rotatable bonds is 5. The lowest BCUT2D eigenvalue weighted by Crippen LogP contribution is -2.38. The number of fused-ring (bicyclic) bond motifs is 1. The van der Waals surface area contributed by atoms with Gasteiger partial charge >= 0.3 is 0 Å². The average molecular weight is 344 g/mol. The van der Waals surface area contributed by atoms with Crippen LogP contribution in [-0.4, -0.2) is 25.2 Å². The molecule has 0 saturated carbocycles. The van der Waals surface area contributed by atoms with E-state index < -0.39 is 0 Å². The van der Waals surface area contributed by atoms with Crippen LogP contribution in [0.3, 0.4) is 0 Å². The van der Waals surface area contributed by atoms with Crippen molar-refractivity contribution in [2.75, 3.05) is 13.3 Å². The molecule has 0 spiro atoms. The Kier molecular flexibility index (Phi) is 4.83. The number of nitrogens with one attached hydrogen (secondary N) is 2. The second-order valence-electron chi connectivity index (χ2n) is 5.59. The molecule has 0 bridgehead atoms. The van der Waals surface area contributed by atoms with Crippen LogP contribution in [0.25, 0.3) is 0 Å². The van der Waals surface area contributed by atoms with Crippen molar-refractivity contribution in [2.24, 2.45) is 0 Å². The highest BCUT2D eigenvalue weighted by Gasteiger charge is 2.17. The van der Waals surface area contributed by atoms with Crippen LogP contribution >= 0.6 is 0 Å². The van der Waals surface area contributed by atoms with Gasteiger partial charge in [0.2, 0.25) is 12.7 Å². The van der Waals surface area contributed by atoms with E-state index in [2.05, 4.69) is 10.6 Å². The molecule has 25 heavy (non-hydrogen) atoms. The van der Waals surface area contributed by atoms with Gasteiger partial charge < -0.3 is 20.1 Å². The molecule has 0 aromatic heterocycles. The molecule has 1 heterocycles. The van der Waals surface area contributed by atoms with Crippen LogP contribution in [-0.2, 0) is 4.79 Å². The number of hydrogen-bond acceptors (Lipinski definition) is 4. The number of ether oxygens (including phenoxy) is 2. The lowest BCUT2D eigenvalue weighted by molar-refractivity contribution is -0.120. The van der Waals surface area contributed by atoms with Gasteiger partial charge in [-0.1, -0.05) is 12.1 Å². The van der Waals surface area contributed by atoms with Crippen molar-refractivity contribution in [3.63, 3.8) is 0 Å². The topological polar surface area (TPSA) is 76.7 Å². The fraction of sp³-hybridized carbons (Fsp3) is 0.222. The normalized spacial score (nSPS) is 13.2. The molecule has 0 fully saturated rings. The number of carbonyl (C=O) groups is 2. The number of benzene rings is 2. The summed E-state index contributed by atoms with van der Waals surface area (Å²) >= 11 is 0. The van der Waals surface area contributed by atoms with Crippen molar-refractivity contribution < 1.29 is 23.5 Å².